The maximum absolute atomic E-state index is 9.88. The zero-order valence-electron chi connectivity index (χ0n) is 14.0. The highest BCUT2D eigenvalue weighted by atomic mass is 16.3. The van der Waals surface area contributed by atoms with E-state index >= 15 is 0 Å². The van der Waals surface area contributed by atoms with Crippen LogP contribution in [0.25, 0.3) is 10.9 Å². The van der Waals surface area contributed by atoms with Crippen LogP contribution in [-0.4, -0.2) is 39.6 Å². The molecule has 1 saturated heterocycles. The average molecular weight is 333 g/mol. The Hall–Kier alpha value is -2.91. The van der Waals surface area contributed by atoms with Gasteiger partial charge in [0.15, 0.2) is 0 Å². The van der Waals surface area contributed by atoms with Gasteiger partial charge >= 0.3 is 0 Å². The summed E-state index contributed by atoms with van der Waals surface area (Å²) in [6.45, 7) is 1.57. The lowest BCUT2D eigenvalue weighted by atomic mass is 9.92. The fourth-order valence-electron chi connectivity index (χ4n) is 3.80. The highest BCUT2D eigenvalue weighted by Crippen LogP contribution is 2.38. The number of anilines is 1. The minimum absolute atomic E-state index is 0.112. The molecule has 1 N–H and O–H groups in total. The second kappa shape index (κ2) is 6.19. The van der Waals surface area contributed by atoms with E-state index in [1.165, 1.54) is 0 Å². The van der Waals surface area contributed by atoms with Crippen LogP contribution in [0.4, 0.5) is 5.69 Å². The number of fused-ring (bicyclic) bond motifs is 1. The molecular weight excluding hydrogens is 314 g/mol. The topological polar surface area (TPSA) is 78.0 Å². The largest absolute Gasteiger partial charge is 0.396 e. The second-order valence-corrected chi connectivity index (χ2v) is 6.55. The summed E-state index contributed by atoms with van der Waals surface area (Å²) in [6.07, 6.45) is 5.52. The van der Waals surface area contributed by atoms with Crippen molar-refractivity contribution in [1.82, 2.24) is 14.8 Å². The van der Waals surface area contributed by atoms with Crippen LogP contribution < -0.4 is 4.90 Å². The lowest BCUT2D eigenvalue weighted by molar-refractivity contribution is 0.227. The zero-order valence-corrected chi connectivity index (χ0v) is 14.0. The van der Waals surface area contributed by atoms with Crippen molar-refractivity contribution in [2.24, 2.45) is 13.0 Å². The Labute approximate surface area is 145 Å². The van der Waals surface area contributed by atoms with E-state index < -0.39 is 0 Å². The van der Waals surface area contributed by atoms with Gasteiger partial charge in [0, 0.05) is 56.4 Å². The van der Waals surface area contributed by atoms with Crippen molar-refractivity contribution in [1.29, 1.82) is 5.26 Å². The van der Waals surface area contributed by atoms with Crippen LogP contribution >= 0.6 is 0 Å². The van der Waals surface area contributed by atoms with Gasteiger partial charge in [0.25, 0.3) is 0 Å². The first-order valence-corrected chi connectivity index (χ1v) is 8.33. The second-order valence-electron chi connectivity index (χ2n) is 6.55. The Bertz CT molecular complexity index is 958. The van der Waals surface area contributed by atoms with E-state index in [0.717, 1.165) is 28.7 Å². The number of aliphatic hydroxyl groups excluding tert-OH is 1. The van der Waals surface area contributed by atoms with E-state index in [1.807, 2.05) is 43.7 Å². The molecule has 2 aromatic heterocycles. The van der Waals surface area contributed by atoms with Crippen molar-refractivity contribution < 1.29 is 5.11 Å². The molecule has 0 unspecified atom stereocenters. The van der Waals surface area contributed by atoms with Crippen LogP contribution in [0.1, 0.15) is 17.0 Å². The van der Waals surface area contributed by atoms with Gasteiger partial charge in [-0.05, 0) is 11.6 Å². The van der Waals surface area contributed by atoms with Gasteiger partial charge in [0.2, 0.25) is 0 Å². The van der Waals surface area contributed by atoms with Crippen LogP contribution in [0.15, 0.2) is 42.9 Å². The molecule has 0 spiro atoms. The summed E-state index contributed by atoms with van der Waals surface area (Å²) in [6, 6.07) is 10.1. The normalized spacial score (nSPS) is 20.1. The van der Waals surface area contributed by atoms with Gasteiger partial charge in [-0.3, -0.25) is 9.67 Å². The molecule has 0 aliphatic carbocycles. The number of aryl methyl sites for hydroxylation is 1. The van der Waals surface area contributed by atoms with Crippen LogP contribution in [0.2, 0.25) is 0 Å². The van der Waals surface area contributed by atoms with Crippen molar-refractivity contribution >= 4 is 16.6 Å². The number of hydrogen-bond acceptors (Lipinski definition) is 5. The molecular formula is C19H19N5O. The maximum atomic E-state index is 9.88. The first kappa shape index (κ1) is 15.6. The Balaban J connectivity index is 1.78. The predicted octanol–water partition coefficient (Wildman–Crippen LogP) is 2.05. The Morgan fingerprint density at radius 1 is 1.28 bits per heavy atom. The van der Waals surface area contributed by atoms with Gasteiger partial charge < -0.3 is 10.0 Å². The number of para-hydroxylation sites is 1. The molecule has 1 aromatic carbocycles. The molecule has 3 aromatic rings. The minimum atomic E-state index is 0.112. The van der Waals surface area contributed by atoms with E-state index in [1.54, 1.807) is 10.9 Å². The third-order valence-corrected chi connectivity index (χ3v) is 5.01. The van der Waals surface area contributed by atoms with Crippen molar-refractivity contribution in [3.8, 4) is 6.07 Å². The van der Waals surface area contributed by atoms with E-state index in [9.17, 15) is 10.4 Å². The van der Waals surface area contributed by atoms with Gasteiger partial charge in [-0.1, -0.05) is 18.2 Å². The number of pyridine rings is 1. The van der Waals surface area contributed by atoms with Gasteiger partial charge in [0.05, 0.1) is 23.0 Å². The van der Waals surface area contributed by atoms with Crippen molar-refractivity contribution in [3.05, 3.63) is 54.0 Å². The molecule has 1 aliphatic heterocycles. The summed E-state index contributed by atoms with van der Waals surface area (Å²) in [5, 5.41) is 24.7. The molecule has 4 rings (SSSR count). The first-order valence-electron chi connectivity index (χ1n) is 8.33. The molecule has 0 radical (unpaired) electrons. The van der Waals surface area contributed by atoms with Gasteiger partial charge in [-0.2, -0.15) is 10.4 Å². The molecule has 2 atom stereocenters. The number of hydrogen-bond donors (Lipinski definition) is 1. The number of nitriles is 1. The van der Waals surface area contributed by atoms with Gasteiger partial charge in [-0.15, -0.1) is 0 Å². The Kier molecular flexibility index (Phi) is 3.86. The van der Waals surface area contributed by atoms with E-state index in [2.05, 4.69) is 21.1 Å². The van der Waals surface area contributed by atoms with E-state index in [0.29, 0.717) is 12.1 Å². The van der Waals surface area contributed by atoms with Gasteiger partial charge in [-0.25, -0.2) is 0 Å². The fourth-order valence-corrected chi connectivity index (χ4v) is 3.80. The molecule has 25 heavy (non-hydrogen) atoms. The lowest BCUT2D eigenvalue weighted by Crippen LogP contribution is -2.22. The summed E-state index contributed by atoms with van der Waals surface area (Å²) in [5.41, 5.74) is 3.49. The summed E-state index contributed by atoms with van der Waals surface area (Å²) in [7, 11) is 1.90. The number of nitrogens with zero attached hydrogens (tertiary/aromatic N) is 5. The average Bonchev–Trinajstić information content (AvgIpc) is 3.26. The number of benzene rings is 1. The van der Waals surface area contributed by atoms with Crippen LogP contribution in [-0.2, 0) is 7.05 Å². The summed E-state index contributed by atoms with van der Waals surface area (Å²) < 4.78 is 1.79. The Morgan fingerprint density at radius 2 is 2.12 bits per heavy atom. The SMILES string of the molecule is Cn1cc([C@@H]2CN(c3c(C#N)cnc4ccccc34)C[C@H]2CO)cn1. The van der Waals surface area contributed by atoms with Crippen LogP contribution in [0.3, 0.4) is 0 Å². The van der Waals surface area contributed by atoms with Gasteiger partial charge in [0.1, 0.15) is 6.07 Å². The molecule has 6 heteroatoms. The zero-order chi connectivity index (χ0) is 17.4. The van der Waals surface area contributed by atoms with Crippen molar-refractivity contribution in [3.63, 3.8) is 0 Å². The highest BCUT2D eigenvalue weighted by molar-refractivity contribution is 5.94. The minimum Gasteiger partial charge on any atom is -0.396 e. The summed E-state index contributed by atoms with van der Waals surface area (Å²) in [5.74, 6) is 0.305. The molecule has 0 bridgehead atoms. The monoisotopic (exact) mass is 333 g/mol. The van der Waals surface area contributed by atoms with Crippen LogP contribution in [0, 0.1) is 17.2 Å². The first-order chi connectivity index (χ1) is 12.2. The molecule has 126 valence electrons. The number of rotatable bonds is 3. The van der Waals surface area contributed by atoms with E-state index in [-0.39, 0.29) is 18.4 Å². The van der Waals surface area contributed by atoms with Crippen molar-refractivity contribution in [2.45, 2.75) is 5.92 Å². The molecule has 0 saturated carbocycles. The molecule has 3 heterocycles. The summed E-state index contributed by atoms with van der Waals surface area (Å²) >= 11 is 0. The standard InChI is InChI=1S/C19H19N5O/c1-23-9-14(8-22-23)17-11-24(10-15(17)12-25)19-13(6-20)7-21-18-5-3-2-4-16(18)19/h2-5,7-9,15,17,25H,10-12H2,1H3/t15-,17-/m0/s1. The third kappa shape index (κ3) is 2.63. The maximum Gasteiger partial charge on any atom is 0.103 e. The Morgan fingerprint density at radius 3 is 2.84 bits per heavy atom. The summed E-state index contributed by atoms with van der Waals surface area (Å²) in [4.78, 5) is 6.60. The third-order valence-electron chi connectivity index (χ3n) is 5.01. The molecule has 1 aliphatic rings. The number of aromatic nitrogens is 3. The smallest absolute Gasteiger partial charge is 0.103 e. The molecule has 6 nitrogen and oxygen atoms in total. The van der Waals surface area contributed by atoms with E-state index in [4.69, 9.17) is 0 Å². The number of aliphatic hydroxyl groups is 1. The van der Waals surface area contributed by atoms with Crippen molar-refractivity contribution in [2.75, 3.05) is 24.6 Å². The highest BCUT2D eigenvalue weighted by Gasteiger charge is 2.35. The lowest BCUT2D eigenvalue weighted by Gasteiger charge is -2.21. The predicted molar refractivity (Wildman–Crippen MR) is 95.2 cm³/mol. The molecule has 1 fully saturated rings. The molecule has 0 amide bonds. The fraction of sp³-hybridized carbons (Fsp3) is 0.316. The van der Waals surface area contributed by atoms with Crippen LogP contribution in [0.5, 0.6) is 0 Å². The quantitative estimate of drug-likeness (QED) is 0.794.